The number of fused-ring (bicyclic) bond motifs is 2. The van der Waals surface area contributed by atoms with Crippen LogP contribution in [0.5, 0.6) is 5.75 Å². The Kier molecular flexibility index (Phi) is 7.50. The molecular weight excluding hydrogens is 538 g/mol. The maximum absolute atomic E-state index is 13.2. The molecule has 218 valence electrons. The molecular formula is C30H33N7O5. The summed E-state index contributed by atoms with van der Waals surface area (Å²) in [4.78, 5) is 36.5. The van der Waals surface area contributed by atoms with Gasteiger partial charge in [0.15, 0.2) is 5.82 Å². The van der Waals surface area contributed by atoms with Crippen molar-refractivity contribution in [2.75, 3.05) is 31.6 Å². The van der Waals surface area contributed by atoms with E-state index in [9.17, 15) is 14.7 Å². The molecule has 42 heavy (non-hydrogen) atoms. The summed E-state index contributed by atoms with van der Waals surface area (Å²) in [6.45, 7) is 4.55. The molecule has 6 rings (SSSR count). The van der Waals surface area contributed by atoms with Gasteiger partial charge < -0.3 is 40.0 Å². The van der Waals surface area contributed by atoms with Crippen molar-refractivity contribution < 1.29 is 24.2 Å². The van der Waals surface area contributed by atoms with Crippen molar-refractivity contribution in [3.8, 4) is 28.3 Å². The zero-order valence-electron chi connectivity index (χ0n) is 23.5. The number of aromatic hydroxyl groups is 1. The number of nitrogens with one attached hydrogen (secondary N) is 3. The van der Waals surface area contributed by atoms with Crippen LogP contribution in [0.15, 0.2) is 40.8 Å². The number of oxazole rings is 1. The average molecular weight is 572 g/mol. The molecule has 0 atom stereocenters. The van der Waals surface area contributed by atoms with Gasteiger partial charge in [0.25, 0.3) is 5.91 Å². The minimum atomic E-state index is -0.393. The lowest BCUT2D eigenvalue weighted by molar-refractivity contribution is -0.131. The summed E-state index contributed by atoms with van der Waals surface area (Å²) >= 11 is 0. The molecule has 0 radical (unpaired) electrons. The predicted molar refractivity (Wildman–Crippen MR) is 155 cm³/mol. The fourth-order valence-corrected chi connectivity index (χ4v) is 5.58. The van der Waals surface area contributed by atoms with E-state index in [1.165, 1.54) is 0 Å². The number of aromatic nitrogens is 3. The number of phenolic OH excluding ortho intramolecular Hbond substituents is 1. The highest BCUT2D eigenvalue weighted by Gasteiger charge is 2.29. The van der Waals surface area contributed by atoms with Gasteiger partial charge in [-0.25, -0.2) is 9.97 Å². The molecule has 0 aliphatic carbocycles. The summed E-state index contributed by atoms with van der Waals surface area (Å²) in [5.74, 6) is 0.858. The first-order chi connectivity index (χ1) is 20.4. The highest BCUT2D eigenvalue weighted by molar-refractivity contribution is 6.03. The number of nitrogens with zero attached hydrogens (tertiary/aromatic N) is 4. The Balaban J connectivity index is 1.22. The smallest absolute Gasteiger partial charge is 0.291 e. The summed E-state index contributed by atoms with van der Waals surface area (Å²) in [6, 6.07) is 10.9. The molecule has 0 fully saturated rings. The highest BCUT2D eigenvalue weighted by atomic mass is 16.4. The fourth-order valence-electron chi connectivity index (χ4n) is 5.58. The largest absolute Gasteiger partial charge is 0.505 e. The van der Waals surface area contributed by atoms with Crippen molar-refractivity contribution in [2.24, 2.45) is 7.05 Å². The Morgan fingerprint density at radius 1 is 1.07 bits per heavy atom. The zero-order chi connectivity index (χ0) is 29.4. The van der Waals surface area contributed by atoms with Crippen LogP contribution in [0.25, 0.3) is 22.6 Å². The van der Waals surface area contributed by atoms with Gasteiger partial charge in [-0.2, -0.15) is 0 Å². The van der Waals surface area contributed by atoms with Gasteiger partial charge in [-0.15, -0.1) is 0 Å². The van der Waals surface area contributed by atoms with Gasteiger partial charge in [-0.3, -0.25) is 9.59 Å². The van der Waals surface area contributed by atoms with Gasteiger partial charge in [0.2, 0.25) is 11.8 Å². The third kappa shape index (κ3) is 5.04. The normalized spacial score (nSPS) is 14.1. The van der Waals surface area contributed by atoms with Gasteiger partial charge in [0.05, 0.1) is 37.6 Å². The van der Waals surface area contributed by atoms with Crippen LogP contribution >= 0.6 is 0 Å². The molecule has 12 nitrogen and oxygen atoms in total. The Hall–Kier alpha value is -4.52. The van der Waals surface area contributed by atoms with Gasteiger partial charge in [0, 0.05) is 49.9 Å². The first-order valence-corrected chi connectivity index (χ1v) is 13.9. The number of amides is 2. The molecule has 5 N–H and O–H groups in total. The molecule has 2 aromatic heterocycles. The third-order valence-corrected chi connectivity index (χ3v) is 7.84. The van der Waals surface area contributed by atoms with Crippen LogP contribution in [-0.4, -0.2) is 67.7 Å². The third-order valence-electron chi connectivity index (χ3n) is 7.84. The van der Waals surface area contributed by atoms with Crippen molar-refractivity contribution in [1.82, 2.24) is 30.1 Å². The Morgan fingerprint density at radius 3 is 2.64 bits per heavy atom. The molecule has 2 aromatic carbocycles. The summed E-state index contributed by atoms with van der Waals surface area (Å²) in [5.41, 5.74) is 5.85. The number of benzene rings is 2. The number of imidazole rings is 1. The lowest BCUT2D eigenvalue weighted by Crippen LogP contribution is -2.35. The van der Waals surface area contributed by atoms with Crippen molar-refractivity contribution in [3.05, 3.63) is 70.6 Å². The van der Waals surface area contributed by atoms with E-state index in [2.05, 4.69) is 25.9 Å². The second kappa shape index (κ2) is 11.4. The molecule has 12 heteroatoms. The molecule has 0 saturated carbocycles. The summed E-state index contributed by atoms with van der Waals surface area (Å²) in [6.07, 6.45) is 0.801. The second-order valence-corrected chi connectivity index (χ2v) is 10.5. The number of anilines is 1. The topological polar surface area (TPSA) is 158 Å². The zero-order valence-corrected chi connectivity index (χ0v) is 23.5. The second-order valence-electron chi connectivity index (χ2n) is 10.5. The van der Waals surface area contributed by atoms with Crippen LogP contribution < -0.4 is 16.0 Å². The molecule has 0 unspecified atom stereocenters. The monoisotopic (exact) mass is 571 g/mol. The van der Waals surface area contributed by atoms with Gasteiger partial charge in [-0.1, -0.05) is 24.3 Å². The summed E-state index contributed by atoms with van der Waals surface area (Å²) in [5, 5.41) is 29.2. The number of hydrogen-bond donors (Lipinski definition) is 5. The van der Waals surface area contributed by atoms with Crippen LogP contribution in [0.3, 0.4) is 0 Å². The number of aliphatic hydroxyl groups is 1. The van der Waals surface area contributed by atoms with Crippen LogP contribution in [0.2, 0.25) is 0 Å². The summed E-state index contributed by atoms with van der Waals surface area (Å²) < 4.78 is 7.91. The van der Waals surface area contributed by atoms with E-state index in [1.54, 1.807) is 23.1 Å². The van der Waals surface area contributed by atoms with Crippen LogP contribution in [0.1, 0.15) is 39.0 Å². The maximum atomic E-state index is 13.2. The van der Waals surface area contributed by atoms with Crippen molar-refractivity contribution in [2.45, 2.75) is 33.0 Å². The molecule has 0 saturated heterocycles. The standard InChI is InChI=1S/C30H33N7O5/c1-17-18(5-3-6-19(17)30-35-23-15-37(16-25(23)42-30)26(39)14-32-11-12-38)20-7-4-8-21(27(20)40)34-29(41)28-33-22-13-31-10-9-24(22)36(28)2/h3-8,31-32,38,40H,9-16H2,1-2H3,(H,34,41). The summed E-state index contributed by atoms with van der Waals surface area (Å²) in [7, 11) is 1.83. The van der Waals surface area contributed by atoms with Crippen molar-refractivity contribution in [3.63, 3.8) is 0 Å². The first kappa shape index (κ1) is 27.6. The average Bonchev–Trinajstić information content (AvgIpc) is 3.67. The number of rotatable bonds is 8. The van der Waals surface area contributed by atoms with E-state index in [-0.39, 0.29) is 30.5 Å². The van der Waals surface area contributed by atoms with E-state index < -0.39 is 5.91 Å². The van der Waals surface area contributed by atoms with E-state index in [1.807, 2.05) is 36.7 Å². The number of carbonyl (C=O) groups is 2. The van der Waals surface area contributed by atoms with E-state index in [0.717, 1.165) is 41.0 Å². The number of carbonyl (C=O) groups excluding carboxylic acids is 2. The Bertz CT molecular complexity index is 1650. The van der Waals surface area contributed by atoms with Gasteiger partial charge >= 0.3 is 0 Å². The molecule has 2 aliphatic heterocycles. The Morgan fingerprint density at radius 2 is 1.86 bits per heavy atom. The molecule has 2 aliphatic rings. The van der Waals surface area contributed by atoms with Crippen molar-refractivity contribution in [1.29, 1.82) is 0 Å². The lowest BCUT2D eigenvalue weighted by atomic mass is 9.95. The molecule has 4 heterocycles. The molecule has 4 aromatic rings. The van der Waals surface area contributed by atoms with Crippen LogP contribution in [0, 0.1) is 6.92 Å². The number of aliphatic hydroxyl groups excluding tert-OH is 1. The predicted octanol–water partition coefficient (Wildman–Crippen LogP) is 2.08. The van der Waals surface area contributed by atoms with E-state index >= 15 is 0 Å². The Labute approximate surface area is 242 Å². The minimum Gasteiger partial charge on any atom is -0.505 e. The highest BCUT2D eigenvalue weighted by Crippen LogP contribution is 2.40. The molecule has 0 spiro atoms. The number of para-hydroxylation sites is 1. The number of hydrogen-bond acceptors (Lipinski definition) is 9. The van der Waals surface area contributed by atoms with E-state index in [4.69, 9.17) is 9.52 Å². The fraction of sp³-hybridized carbons (Fsp3) is 0.333. The van der Waals surface area contributed by atoms with Crippen molar-refractivity contribution >= 4 is 17.5 Å². The van der Waals surface area contributed by atoms with Gasteiger partial charge in [0.1, 0.15) is 17.2 Å². The number of phenols is 1. The minimum absolute atomic E-state index is 0.0292. The molecule has 0 bridgehead atoms. The van der Waals surface area contributed by atoms with Crippen LogP contribution in [0.4, 0.5) is 5.69 Å². The SMILES string of the molecule is Cc1c(-c2nc3c(o2)CN(C(=O)CNCCO)C3)cccc1-c1cccc(NC(=O)c2nc3c(n2C)CCNC3)c1O. The maximum Gasteiger partial charge on any atom is 0.291 e. The lowest BCUT2D eigenvalue weighted by Gasteiger charge is -2.16. The van der Waals surface area contributed by atoms with Crippen LogP contribution in [-0.2, 0) is 37.9 Å². The first-order valence-electron chi connectivity index (χ1n) is 13.9. The van der Waals surface area contributed by atoms with E-state index in [0.29, 0.717) is 54.9 Å². The van der Waals surface area contributed by atoms with Gasteiger partial charge in [-0.05, 0) is 30.2 Å². The molecule has 2 amide bonds. The quantitative estimate of drug-likeness (QED) is 0.158.